The molecule has 0 spiro atoms. The van der Waals surface area contributed by atoms with E-state index in [4.69, 9.17) is 32.7 Å². The van der Waals surface area contributed by atoms with Crippen LogP contribution in [0, 0.1) is 6.92 Å². The van der Waals surface area contributed by atoms with Gasteiger partial charge >= 0.3 is 0 Å². The Labute approximate surface area is 134 Å². The number of rotatable bonds is 4. The van der Waals surface area contributed by atoms with Gasteiger partial charge in [-0.05, 0) is 36.2 Å². The van der Waals surface area contributed by atoms with Crippen LogP contribution in [-0.4, -0.2) is 19.3 Å². The summed E-state index contributed by atoms with van der Waals surface area (Å²) in [5, 5.41) is 11.5. The number of halogens is 2. The van der Waals surface area contributed by atoms with Crippen molar-refractivity contribution in [3.63, 3.8) is 0 Å². The summed E-state index contributed by atoms with van der Waals surface area (Å²) in [6.07, 6.45) is -0.888. The molecule has 5 heteroatoms. The Morgan fingerprint density at radius 3 is 2.33 bits per heavy atom. The van der Waals surface area contributed by atoms with Crippen molar-refractivity contribution in [1.82, 2.24) is 0 Å². The highest BCUT2D eigenvalue weighted by Crippen LogP contribution is 2.41. The van der Waals surface area contributed by atoms with Crippen LogP contribution < -0.4 is 9.47 Å². The molecule has 0 aliphatic carbocycles. The van der Waals surface area contributed by atoms with Crippen LogP contribution in [0.15, 0.2) is 30.3 Å². The third-order valence-corrected chi connectivity index (χ3v) is 4.09. The highest BCUT2D eigenvalue weighted by molar-refractivity contribution is 6.33. The molecule has 21 heavy (non-hydrogen) atoms. The highest BCUT2D eigenvalue weighted by atomic mass is 35.5. The molecule has 1 N–H and O–H groups in total. The van der Waals surface area contributed by atoms with Crippen molar-refractivity contribution < 1.29 is 14.6 Å². The molecular formula is C16H16Cl2O3. The minimum atomic E-state index is -0.888. The second-order valence-electron chi connectivity index (χ2n) is 4.62. The maximum absolute atomic E-state index is 10.6. The molecule has 0 aliphatic rings. The number of hydrogen-bond donors (Lipinski definition) is 1. The van der Waals surface area contributed by atoms with Crippen LogP contribution >= 0.6 is 23.2 Å². The first-order chi connectivity index (χ1) is 9.99. The quantitative estimate of drug-likeness (QED) is 0.904. The van der Waals surface area contributed by atoms with Crippen LogP contribution in [0.25, 0.3) is 0 Å². The molecule has 0 heterocycles. The van der Waals surface area contributed by atoms with E-state index in [1.807, 2.05) is 19.1 Å². The van der Waals surface area contributed by atoms with E-state index in [-0.39, 0.29) is 0 Å². The van der Waals surface area contributed by atoms with E-state index in [9.17, 15) is 5.11 Å². The maximum Gasteiger partial charge on any atom is 0.147 e. The molecule has 2 aromatic carbocycles. The van der Waals surface area contributed by atoms with Gasteiger partial charge in [0.05, 0.1) is 14.2 Å². The second-order valence-corrected chi connectivity index (χ2v) is 5.40. The van der Waals surface area contributed by atoms with E-state index in [1.165, 1.54) is 14.2 Å². The first-order valence-corrected chi connectivity index (χ1v) is 7.09. The topological polar surface area (TPSA) is 38.7 Å². The lowest BCUT2D eigenvalue weighted by Crippen LogP contribution is -2.04. The van der Waals surface area contributed by atoms with Gasteiger partial charge in [-0.25, -0.2) is 0 Å². The van der Waals surface area contributed by atoms with E-state index >= 15 is 0 Å². The van der Waals surface area contributed by atoms with E-state index in [0.29, 0.717) is 32.7 Å². The van der Waals surface area contributed by atoms with Gasteiger partial charge in [0.1, 0.15) is 22.6 Å². The number of aliphatic hydroxyl groups is 1. The zero-order chi connectivity index (χ0) is 15.6. The van der Waals surface area contributed by atoms with Crippen molar-refractivity contribution in [2.24, 2.45) is 0 Å². The van der Waals surface area contributed by atoms with Gasteiger partial charge in [-0.1, -0.05) is 35.3 Å². The standard InChI is InChI=1S/C16H16Cl2O3/c1-9-4-5-10(8-12(9)17)15(19)11-6-7-13(20-2)14(18)16(11)21-3/h4-8,15,19H,1-3H3. The van der Waals surface area contributed by atoms with E-state index in [1.54, 1.807) is 18.2 Å². The predicted molar refractivity (Wildman–Crippen MR) is 84.8 cm³/mol. The third-order valence-electron chi connectivity index (χ3n) is 3.32. The molecule has 0 fully saturated rings. The summed E-state index contributed by atoms with van der Waals surface area (Å²) < 4.78 is 10.5. The molecule has 0 bridgehead atoms. The van der Waals surface area contributed by atoms with Gasteiger partial charge in [0.2, 0.25) is 0 Å². The van der Waals surface area contributed by atoms with Crippen molar-refractivity contribution in [3.05, 3.63) is 57.1 Å². The lowest BCUT2D eigenvalue weighted by Gasteiger charge is -2.18. The van der Waals surface area contributed by atoms with Gasteiger partial charge in [0.25, 0.3) is 0 Å². The smallest absolute Gasteiger partial charge is 0.147 e. The first-order valence-electron chi connectivity index (χ1n) is 6.34. The molecule has 1 atom stereocenters. The Balaban J connectivity index is 2.50. The fraction of sp³-hybridized carbons (Fsp3) is 0.250. The number of ether oxygens (including phenoxy) is 2. The van der Waals surface area contributed by atoms with E-state index < -0.39 is 6.10 Å². The summed E-state index contributed by atoms with van der Waals surface area (Å²) in [6.45, 7) is 1.91. The number of benzene rings is 2. The van der Waals surface area contributed by atoms with Crippen LogP contribution in [0.1, 0.15) is 22.8 Å². The minimum absolute atomic E-state index is 0.328. The zero-order valence-corrected chi connectivity index (χ0v) is 13.5. The summed E-state index contributed by atoms with van der Waals surface area (Å²) in [5.74, 6) is 0.881. The maximum atomic E-state index is 10.6. The Bertz CT molecular complexity index is 656. The molecule has 0 saturated heterocycles. The van der Waals surface area contributed by atoms with Crippen molar-refractivity contribution in [2.45, 2.75) is 13.0 Å². The average Bonchev–Trinajstić information content (AvgIpc) is 2.49. The monoisotopic (exact) mass is 326 g/mol. The lowest BCUT2D eigenvalue weighted by atomic mass is 9.99. The SMILES string of the molecule is COc1ccc(C(O)c2ccc(C)c(Cl)c2)c(OC)c1Cl. The van der Waals surface area contributed by atoms with Crippen LogP contribution in [0.3, 0.4) is 0 Å². The van der Waals surface area contributed by atoms with Gasteiger partial charge < -0.3 is 14.6 Å². The molecule has 3 nitrogen and oxygen atoms in total. The molecule has 0 amide bonds. The van der Waals surface area contributed by atoms with Crippen molar-refractivity contribution >= 4 is 23.2 Å². The molecule has 0 aliphatic heterocycles. The summed E-state index contributed by atoms with van der Waals surface area (Å²) in [6, 6.07) is 8.84. The molecule has 0 aromatic heterocycles. The van der Waals surface area contributed by atoms with Crippen molar-refractivity contribution in [2.75, 3.05) is 14.2 Å². The lowest BCUT2D eigenvalue weighted by molar-refractivity contribution is 0.214. The van der Waals surface area contributed by atoms with Crippen LogP contribution in [0.2, 0.25) is 10.0 Å². The van der Waals surface area contributed by atoms with Gasteiger partial charge in [0, 0.05) is 10.6 Å². The summed E-state index contributed by atoms with van der Waals surface area (Å²) in [4.78, 5) is 0. The average molecular weight is 327 g/mol. The highest BCUT2D eigenvalue weighted by Gasteiger charge is 2.20. The minimum Gasteiger partial charge on any atom is -0.495 e. The molecule has 2 aromatic rings. The number of aryl methyl sites for hydroxylation is 1. The summed E-state index contributed by atoms with van der Waals surface area (Å²) in [5.41, 5.74) is 2.18. The summed E-state index contributed by atoms with van der Waals surface area (Å²) >= 11 is 12.3. The summed E-state index contributed by atoms with van der Waals surface area (Å²) in [7, 11) is 3.02. The number of hydrogen-bond acceptors (Lipinski definition) is 3. The van der Waals surface area contributed by atoms with Gasteiger partial charge in [-0.2, -0.15) is 0 Å². The van der Waals surface area contributed by atoms with Gasteiger partial charge in [-0.3, -0.25) is 0 Å². The largest absolute Gasteiger partial charge is 0.495 e. The first kappa shape index (κ1) is 16.0. The van der Waals surface area contributed by atoms with Crippen LogP contribution in [-0.2, 0) is 0 Å². The Kier molecular flexibility index (Phi) is 4.99. The molecule has 2 rings (SSSR count). The predicted octanol–water partition coefficient (Wildman–Crippen LogP) is 4.40. The fourth-order valence-electron chi connectivity index (χ4n) is 2.09. The Morgan fingerprint density at radius 2 is 1.76 bits per heavy atom. The Morgan fingerprint density at radius 1 is 1.05 bits per heavy atom. The van der Waals surface area contributed by atoms with Gasteiger partial charge in [0.15, 0.2) is 0 Å². The van der Waals surface area contributed by atoms with E-state index in [2.05, 4.69) is 0 Å². The number of aliphatic hydroxyl groups excluding tert-OH is 1. The molecule has 0 saturated carbocycles. The molecule has 0 radical (unpaired) electrons. The van der Waals surface area contributed by atoms with Gasteiger partial charge in [-0.15, -0.1) is 0 Å². The van der Waals surface area contributed by atoms with Crippen molar-refractivity contribution in [1.29, 1.82) is 0 Å². The van der Waals surface area contributed by atoms with Crippen molar-refractivity contribution in [3.8, 4) is 11.5 Å². The Hall–Kier alpha value is -1.42. The molecule has 1 unspecified atom stereocenters. The molecule has 112 valence electrons. The zero-order valence-electron chi connectivity index (χ0n) is 12.0. The van der Waals surface area contributed by atoms with E-state index in [0.717, 1.165) is 5.56 Å². The normalized spacial score (nSPS) is 12.1. The fourth-order valence-corrected chi connectivity index (χ4v) is 2.61. The van der Waals surface area contributed by atoms with Crippen LogP contribution in [0.5, 0.6) is 11.5 Å². The number of methoxy groups -OCH3 is 2. The molecular weight excluding hydrogens is 311 g/mol. The third kappa shape index (κ3) is 3.10. The second kappa shape index (κ2) is 6.56. The van der Waals surface area contributed by atoms with Crippen LogP contribution in [0.4, 0.5) is 0 Å².